The van der Waals surface area contributed by atoms with Gasteiger partial charge in [0.15, 0.2) is 17.7 Å². The smallest absolute Gasteiger partial charge is 0.379 e. The molecule has 17 heavy (non-hydrogen) atoms. The summed E-state index contributed by atoms with van der Waals surface area (Å²) in [5.74, 6) is -3.39. The average Bonchev–Trinajstić information content (AvgIpc) is 2.18. The number of alkyl halides is 3. The van der Waals surface area contributed by atoms with Gasteiger partial charge in [0.1, 0.15) is 0 Å². The van der Waals surface area contributed by atoms with Gasteiger partial charge in [0.2, 0.25) is 0 Å². The largest absolute Gasteiger partial charge is 0.418 e. The predicted molar refractivity (Wildman–Crippen MR) is 44.0 cm³/mol. The lowest BCUT2D eigenvalue weighted by Gasteiger charge is -2.14. The van der Waals surface area contributed by atoms with Crippen molar-refractivity contribution in [2.45, 2.75) is 12.3 Å². The van der Waals surface area contributed by atoms with Gasteiger partial charge in [-0.2, -0.15) is 13.2 Å². The number of hydrogen-bond acceptors (Lipinski definition) is 3. The van der Waals surface area contributed by atoms with Crippen LogP contribution in [0.15, 0.2) is 12.1 Å². The van der Waals surface area contributed by atoms with E-state index in [1.807, 2.05) is 0 Å². The number of rotatable bonds is 2. The number of benzene rings is 1. The van der Waals surface area contributed by atoms with Crippen LogP contribution in [0, 0.1) is 21.7 Å². The topological polar surface area (TPSA) is 63.4 Å². The second kappa shape index (κ2) is 4.24. The molecule has 0 aliphatic rings. The Morgan fingerprint density at radius 1 is 1.24 bits per heavy atom. The van der Waals surface area contributed by atoms with Gasteiger partial charge in [0.05, 0.1) is 16.6 Å². The van der Waals surface area contributed by atoms with E-state index in [0.717, 1.165) is 0 Å². The second-order valence-corrected chi connectivity index (χ2v) is 3.03. The van der Waals surface area contributed by atoms with Gasteiger partial charge in [0.25, 0.3) is 5.69 Å². The van der Waals surface area contributed by atoms with Crippen molar-refractivity contribution < 1.29 is 32.0 Å². The Morgan fingerprint density at radius 3 is 2.12 bits per heavy atom. The Balaban J connectivity index is 3.41. The summed E-state index contributed by atoms with van der Waals surface area (Å²) in [4.78, 5) is 9.01. The Morgan fingerprint density at radius 2 is 1.71 bits per heavy atom. The molecule has 1 aromatic carbocycles. The molecule has 0 fully saturated rings. The average molecular weight is 257 g/mol. The maximum absolute atomic E-state index is 12.7. The fraction of sp³-hybridized carbons (Fsp3) is 0.250. The van der Waals surface area contributed by atoms with Crippen molar-refractivity contribution in [3.05, 3.63) is 39.4 Å². The van der Waals surface area contributed by atoms with E-state index in [2.05, 4.69) is 0 Å². The molecule has 0 bridgehead atoms. The summed E-state index contributed by atoms with van der Waals surface area (Å²) in [6.45, 7) is 0. The number of nitro groups is 1. The zero-order valence-electron chi connectivity index (χ0n) is 7.83. The molecule has 1 rings (SSSR count). The van der Waals surface area contributed by atoms with E-state index in [1.165, 1.54) is 0 Å². The molecule has 1 N–H and O–H groups in total. The predicted octanol–water partition coefficient (Wildman–Crippen LogP) is 2.47. The summed E-state index contributed by atoms with van der Waals surface area (Å²) < 4.78 is 61.7. The SMILES string of the molecule is O=[N+]([O-])c1cc(F)c(F)cc1[C@H](O)C(F)(F)F. The molecular weight excluding hydrogens is 253 g/mol. The van der Waals surface area contributed by atoms with Crippen LogP contribution in [0.2, 0.25) is 0 Å². The molecule has 4 nitrogen and oxygen atoms in total. The van der Waals surface area contributed by atoms with Crippen molar-refractivity contribution in [2.75, 3.05) is 0 Å². The molecule has 0 aliphatic heterocycles. The first-order chi connectivity index (χ1) is 7.64. The Kier molecular flexibility index (Phi) is 3.32. The zero-order valence-corrected chi connectivity index (χ0v) is 7.83. The van der Waals surface area contributed by atoms with Gasteiger partial charge < -0.3 is 5.11 Å². The monoisotopic (exact) mass is 257 g/mol. The van der Waals surface area contributed by atoms with Crippen LogP contribution in [0.3, 0.4) is 0 Å². The molecule has 0 saturated carbocycles. The van der Waals surface area contributed by atoms with E-state index in [1.54, 1.807) is 0 Å². The summed E-state index contributed by atoms with van der Waals surface area (Å²) in [7, 11) is 0. The minimum absolute atomic E-state index is 0.0143. The molecule has 1 atom stereocenters. The normalized spacial score (nSPS) is 13.5. The molecule has 0 aromatic heterocycles. The number of nitro benzene ring substituents is 1. The Bertz CT molecular complexity index is 459. The molecule has 9 heteroatoms. The van der Waals surface area contributed by atoms with Gasteiger partial charge in [-0.1, -0.05) is 0 Å². The lowest BCUT2D eigenvalue weighted by atomic mass is 10.1. The molecule has 0 unspecified atom stereocenters. The van der Waals surface area contributed by atoms with Gasteiger partial charge in [-0.05, 0) is 6.07 Å². The van der Waals surface area contributed by atoms with Crippen LogP contribution in [0.4, 0.5) is 27.6 Å². The fourth-order valence-corrected chi connectivity index (χ4v) is 1.11. The summed E-state index contributed by atoms with van der Waals surface area (Å²) >= 11 is 0. The minimum atomic E-state index is -5.21. The summed E-state index contributed by atoms with van der Waals surface area (Å²) in [6, 6.07) is -0.0642. The third kappa shape index (κ3) is 2.67. The summed E-state index contributed by atoms with van der Waals surface area (Å²) in [5.41, 5.74) is -2.69. The molecule has 1 aromatic rings. The standard InChI is InChI=1S/C8H4F5NO3/c9-4-1-3(7(15)8(11,12)13)6(14(16)17)2-5(4)10/h1-2,7,15H/t7-/m0/s1. The van der Waals surface area contributed by atoms with Crippen molar-refractivity contribution in [3.63, 3.8) is 0 Å². The second-order valence-electron chi connectivity index (χ2n) is 3.03. The minimum Gasteiger partial charge on any atom is -0.379 e. The number of nitrogens with zero attached hydrogens (tertiary/aromatic N) is 1. The molecular formula is C8H4F5NO3. The van der Waals surface area contributed by atoms with Gasteiger partial charge in [-0.25, -0.2) is 8.78 Å². The highest BCUT2D eigenvalue weighted by Gasteiger charge is 2.43. The lowest BCUT2D eigenvalue weighted by Crippen LogP contribution is -2.21. The first-order valence-electron chi connectivity index (χ1n) is 4.02. The lowest BCUT2D eigenvalue weighted by molar-refractivity contribution is -0.387. The Labute approximate surface area is 90.4 Å². The van der Waals surface area contributed by atoms with E-state index < -0.39 is 40.1 Å². The third-order valence-electron chi connectivity index (χ3n) is 1.87. The van der Waals surface area contributed by atoms with E-state index in [4.69, 9.17) is 5.11 Å². The van der Waals surface area contributed by atoms with E-state index in [-0.39, 0.29) is 12.1 Å². The molecule has 0 radical (unpaired) electrons. The molecule has 0 heterocycles. The molecule has 0 spiro atoms. The van der Waals surface area contributed by atoms with Gasteiger partial charge >= 0.3 is 6.18 Å². The van der Waals surface area contributed by atoms with Crippen LogP contribution >= 0.6 is 0 Å². The van der Waals surface area contributed by atoms with Crippen LogP contribution in [0.1, 0.15) is 11.7 Å². The first kappa shape index (κ1) is 13.3. The maximum atomic E-state index is 12.7. The van der Waals surface area contributed by atoms with Crippen LogP contribution in [0.25, 0.3) is 0 Å². The maximum Gasteiger partial charge on any atom is 0.418 e. The number of hydrogen-bond donors (Lipinski definition) is 1. The highest BCUT2D eigenvalue weighted by Crippen LogP contribution is 2.37. The Hall–Kier alpha value is -1.77. The van der Waals surface area contributed by atoms with Gasteiger partial charge in [-0.15, -0.1) is 0 Å². The third-order valence-corrected chi connectivity index (χ3v) is 1.87. The highest BCUT2D eigenvalue weighted by atomic mass is 19.4. The van der Waals surface area contributed by atoms with Crippen LogP contribution < -0.4 is 0 Å². The quantitative estimate of drug-likeness (QED) is 0.503. The van der Waals surface area contributed by atoms with Gasteiger partial charge in [0, 0.05) is 0 Å². The van der Waals surface area contributed by atoms with Crippen LogP contribution in [-0.4, -0.2) is 16.2 Å². The van der Waals surface area contributed by atoms with Crippen molar-refractivity contribution in [2.24, 2.45) is 0 Å². The number of halogens is 5. The van der Waals surface area contributed by atoms with Crippen molar-refractivity contribution >= 4 is 5.69 Å². The molecule has 94 valence electrons. The van der Waals surface area contributed by atoms with Crippen LogP contribution in [0.5, 0.6) is 0 Å². The van der Waals surface area contributed by atoms with Gasteiger partial charge in [-0.3, -0.25) is 10.1 Å². The number of aliphatic hydroxyl groups is 1. The molecule has 0 amide bonds. The highest BCUT2D eigenvalue weighted by molar-refractivity contribution is 5.43. The van der Waals surface area contributed by atoms with E-state index in [0.29, 0.717) is 0 Å². The fourth-order valence-electron chi connectivity index (χ4n) is 1.11. The summed E-state index contributed by atoms with van der Waals surface area (Å²) in [6.07, 6.45) is -8.47. The summed E-state index contributed by atoms with van der Waals surface area (Å²) in [5, 5.41) is 19.1. The van der Waals surface area contributed by atoms with Crippen molar-refractivity contribution in [3.8, 4) is 0 Å². The van der Waals surface area contributed by atoms with Crippen molar-refractivity contribution in [1.82, 2.24) is 0 Å². The zero-order chi connectivity index (χ0) is 13.4. The van der Waals surface area contributed by atoms with Crippen LogP contribution in [-0.2, 0) is 0 Å². The van der Waals surface area contributed by atoms with Crippen molar-refractivity contribution in [1.29, 1.82) is 0 Å². The molecule has 0 saturated heterocycles. The molecule has 0 aliphatic carbocycles. The first-order valence-corrected chi connectivity index (χ1v) is 4.02. The van der Waals surface area contributed by atoms with E-state index >= 15 is 0 Å². The number of aliphatic hydroxyl groups excluding tert-OH is 1. The van der Waals surface area contributed by atoms with E-state index in [9.17, 15) is 32.1 Å².